The molecule has 0 atom stereocenters. The van der Waals surface area contributed by atoms with E-state index in [-0.39, 0.29) is 18.3 Å². The molecule has 0 unspecified atom stereocenters. The molecule has 1 aromatic carbocycles. The van der Waals surface area contributed by atoms with Crippen molar-refractivity contribution in [3.8, 4) is 28.7 Å². The highest BCUT2D eigenvalue weighted by atomic mass is 19.1. The molecule has 3 heterocycles. The monoisotopic (exact) mass is 377 g/mol. The van der Waals surface area contributed by atoms with Gasteiger partial charge in [0.2, 0.25) is 11.7 Å². The van der Waals surface area contributed by atoms with E-state index in [1.54, 1.807) is 30.6 Å². The molecule has 7 nitrogen and oxygen atoms in total. The third-order valence-corrected chi connectivity index (χ3v) is 3.95. The SMILES string of the molecule is CCc1cc(OCc2nc(-c3cccc(F)c3)no2)nc(-c2ccncc2)n1. The van der Waals surface area contributed by atoms with Crippen molar-refractivity contribution < 1.29 is 13.7 Å². The van der Waals surface area contributed by atoms with Crippen LogP contribution in [0.2, 0.25) is 0 Å². The number of ether oxygens (including phenoxy) is 1. The van der Waals surface area contributed by atoms with Gasteiger partial charge in [0.25, 0.3) is 5.89 Å². The summed E-state index contributed by atoms with van der Waals surface area (Å²) in [5.74, 6) is 1.16. The van der Waals surface area contributed by atoms with Gasteiger partial charge in [0.15, 0.2) is 12.4 Å². The lowest BCUT2D eigenvalue weighted by molar-refractivity contribution is 0.235. The van der Waals surface area contributed by atoms with Crippen LogP contribution < -0.4 is 4.74 Å². The maximum absolute atomic E-state index is 13.3. The fourth-order valence-electron chi connectivity index (χ4n) is 2.55. The molecule has 4 rings (SSSR count). The Kier molecular flexibility index (Phi) is 5.01. The van der Waals surface area contributed by atoms with Gasteiger partial charge >= 0.3 is 0 Å². The highest BCUT2D eigenvalue weighted by Gasteiger charge is 2.12. The number of hydrogen-bond acceptors (Lipinski definition) is 7. The molecule has 0 saturated carbocycles. The average Bonchev–Trinajstić information content (AvgIpc) is 3.22. The molecule has 0 aliphatic carbocycles. The van der Waals surface area contributed by atoms with Crippen LogP contribution in [0, 0.1) is 5.82 Å². The number of pyridine rings is 1. The van der Waals surface area contributed by atoms with Crippen molar-refractivity contribution in [3.63, 3.8) is 0 Å². The first-order chi connectivity index (χ1) is 13.7. The van der Waals surface area contributed by atoms with Gasteiger partial charge in [0.1, 0.15) is 5.82 Å². The fraction of sp³-hybridized carbons (Fsp3) is 0.150. The van der Waals surface area contributed by atoms with Crippen LogP contribution in [-0.4, -0.2) is 25.1 Å². The number of nitrogens with zero attached hydrogens (tertiary/aromatic N) is 5. The molecule has 0 amide bonds. The Balaban J connectivity index is 1.52. The molecule has 0 saturated heterocycles. The van der Waals surface area contributed by atoms with Gasteiger partial charge in [-0.25, -0.2) is 9.37 Å². The molecule has 28 heavy (non-hydrogen) atoms. The smallest absolute Gasteiger partial charge is 0.264 e. The standard InChI is InChI=1S/C20H16FN5O2/c1-2-16-11-17(24-19(23-16)13-6-8-22-9-7-13)27-12-18-25-20(26-28-18)14-4-3-5-15(21)10-14/h3-11H,2,12H2,1H3. The van der Waals surface area contributed by atoms with E-state index < -0.39 is 0 Å². The van der Waals surface area contributed by atoms with Crippen LogP contribution in [0.25, 0.3) is 22.8 Å². The van der Waals surface area contributed by atoms with E-state index in [2.05, 4.69) is 25.1 Å². The van der Waals surface area contributed by atoms with E-state index in [9.17, 15) is 4.39 Å². The van der Waals surface area contributed by atoms with Gasteiger partial charge in [-0.2, -0.15) is 9.97 Å². The summed E-state index contributed by atoms with van der Waals surface area (Å²) >= 11 is 0. The number of hydrogen-bond donors (Lipinski definition) is 0. The maximum atomic E-state index is 13.3. The predicted molar refractivity (Wildman–Crippen MR) is 98.7 cm³/mol. The fourth-order valence-corrected chi connectivity index (χ4v) is 2.55. The third-order valence-electron chi connectivity index (χ3n) is 3.95. The van der Waals surface area contributed by atoms with Gasteiger partial charge in [0.05, 0.1) is 0 Å². The van der Waals surface area contributed by atoms with Crippen LogP contribution in [0.15, 0.2) is 59.4 Å². The van der Waals surface area contributed by atoms with Crippen molar-refractivity contribution in [1.82, 2.24) is 25.1 Å². The quantitative estimate of drug-likeness (QED) is 0.504. The van der Waals surface area contributed by atoms with E-state index >= 15 is 0 Å². The van der Waals surface area contributed by atoms with Crippen LogP contribution in [0.5, 0.6) is 5.88 Å². The van der Waals surface area contributed by atoms with E-state index in [4.69, 9.17) is 9.26 Å². The number of aromatic nitrogens is 5. The zero-order valence-electron chi connectivity index (χ0n) is 15.0. The van der Waals surface area contributed by atoms with E-state index in [0.717, 1.165) is 17.7 Å². The summed E-state index contributed by atoms with van der Waals surface area (Å²) in [7, 11) is 0. The van der Waals surface area contributed by atoms with Crippen molar-refractivity contribution in [2.45, 2.75) is 20.0 Å². The minimum absolute atomic E-state index is 0.0399. The molecule has 0 N–H and O–H groups in total. The molecular weight excluding hydrogens is 361 g/mol. The molecule has 0 aliphatic heterocycles. The average molecular weight is 377 g/mol. The zero-order chi connectivity index (χ0) is 19.3. The van der Waals surface area contributed by atoms with Gasteiger partial charge in [-0.05, 0) is 30.7 Å². The van der Waals surface area contributed by atoms with Gasteiger partial charge < -0.3 is 9.26 Å². The third kappa shape index (κ3) is 4.01. The molecule has 140 valence electrons. The summed E-state index contributed by atoms with van der Waals surface area (Å²) in [6.45, 7) is 2.05. The van der Waals surface area contributed by atoms with Gasteiger partial charge in [-0.3, -0.25) is 4.98 Å². The highest BCUT2D eigenvalue weighted by molar-refractivity contribution is 5.55. The normalized spacial score (nSPS) is 10.8. The second-order valence-electron chi connectivity index (χ2n) is 5.92. The maximum Gasteiger partial charge on any atom is 0.264 e. The first-order valence-corrected chi connectivity index (χ1v) is 8.71. The summed E-state index contributed by atoms with van der Waals surface area (Å²) in [6, 6.07) is 11.4. The number of benzene rings is 1. The van der Waals surface area contributed by atoms with E-state index in [1.807, 2.05) is 19.1 Å². The first-order valence-electron chi connectivity index (χ1n) is 8.71. The molecule has 3 aromatic heterocycles. The highest BCUT2D eigenvalue weighted by Crippen LogP contribution is 2.21. The zero-order valence-corrected chi connectivity index (χ0v) is 15.0. The number of aryl methyl sites for hydroxylation is 1. The van der Waals surface area contributed by atoms with Gasteiger partial charge in [-0.15, -0.1) is 0 Å². The second-order valence-corrected chi connectivity index (χ2v) is 5.92. The topological polar surface area (TPSA) is 86.8 Å². The van der Waals surface area contributed by atoms with Crippen LogP contribution in [0.1, 0.15) is 18.5 Å². The Morgan fingerprint density at radius 1 is 0.964 bits per heavy atom. The Labute approximate surface area is 160 Å². The van der Waals surface area contributed by atoms with Crippen LogP contribution >= 0.6 is 0 Å². The summed E-state index contributed by atoms with van der Waals surface area (Å²) < 4.78 is 24.3. The summed E-state index contributed by atoms with van der Waals surface area (Å²) in [5.41, 5.74) is 2.23. The lowest BCUT2D eigenvalue weighted by Gasteiger charge is -2.07. The molecule has 0 aliphatic rings. The van der Waals surface area contributed by atoms with Crippen molar-refractivity contribution >= 4 is 0 Å². The van der Waals surface area contributed by atoms with Crippen LogP contribution in [0.4, 0.5) is 4.39 Å². The lowest BCUT2D eigenvalue weighted by atomic mass is 10.2. The molecule has 0 bridgehead atoms. The minimum Gasteiger partial charge on any atom is -0.467 e. The summed E-state index contributed by atoms with van der Waals surface area (Å²) in [5, 5.41) is 3.87. The van der Waals surface area contributed by atoms with E-state index in [0.29, 0.717) is 23.1 Å². The van der Waals surface area contributed by atoms with Crippen molar-refractivity contribution in [1.29, 1.82) is 0 Å². The van der Waals surface area contributed by atoms with E-state index in [1.165, 1.54) is 12.1 Å². The van der Waals surface area contributed by atoms with Gasteiger partial charge in [-0.1, -0.05) is 24.2 Å². The van der Waals surface area contributed by atoms with Crippen LogP contribution in [0.3, 0.4) is 0 Å². The van der Waals surface area contributed by atoms with Crippen molar-refractivity contribution in [2.24, 2.45) is 0 Å². The van der Waals surface area contributed by atoms with Gasteiger partial charge in [0, 0.05) is 35.3 Å². The predicted octanol–water partition coefficient (Wildman–Crippen LogP) is 3.87. The molecule has 0 radical (unpaired) electrons. The van der Waals surface area contributed by atoms with Crippen molar-refractivity contribution in [3.05, 3.63) is 72.3 Å². The van der Waals surface area contributed by atoms with Crippen molar-refractivity contribution in [2.75, 3.05) is 0 Å². The Morgan fingerprint density at radius 2 is 1.82 bits per heavy atom. The molecular formula is C20H16FN5O2. The number of rotatable bonds is 6. The Hall–Kier alpha value is -3.68. The van der Waals surface area contributed by atoms with Crippen LogP contribution in [-0.2, 0) is 13.0 Å². The largest absolute Gasteiger partial charge is 0.467 e. The summed E-state index contributed by atoms with van der Waals surface area (Å²) in [4.78, 5) is 17.2. The molecule has 0 spiro atoms. The second kappa shape index (κ2) is 7.91. The minimum atomic E-state index is -0.364. The molecule has 4 aromatic rings. The Bertz CT molecular complexity index is 1080. The molecule has 8 heteroatoms. The first kappa shape index (κ1) is 17.7. The number of halogens is 1. The Morgan fingerprint density at radius 3 is 2.61 bits per heavy atom. The lowest BCUT2D eigenvalue weighted by Crippen LogP contribution is -2.02. The molecule has 0 fully saturated rings. The summed E-state index contributed by atoms with van der Waals surface area (Å²) in [6.07, 6.45) is 4.11.